The van der Waals surface area contributed by atoms with Crippen molar-refractivity contribution in [3.8, 4) is 22.9 Å². The van der Waals surface area contributed by atoms with Gasteiger partial charge in [-0.05, 0) is 66.9 Å². The zero-order valence-corrected chi connectivity index (χ0v) is 26.4. The molecule has 1 aliphatic heterocycles. The number of fused-ring (bicyclic) bond motifs is 2. The second-order valence-corrected chi connectivity index (χ2v) is 11.2. The average molecular weight is 640 g/mol. The van der Waals surface area contributed by atoms with Crippen LogP contribution in [0.2, 0.25) is 0 Å². The van der Waals surface area contributed by atoms with E-state index in [0.29, 0.717) is 17.8 Å². The van der Waals surface area contributed by atoms with E-state index in [1.54, 1.807) is 31.2 Å². The number of amides is 3. The largest absolute Gasteiger partial charge is 0.493 e. The number of hydrogen-bond donors (Lipinski definition) is 2. The van der Waals surface area contributed by atoms with Crippen molar-refractivity contribution in [2.24, 2.45) is 5.92 Å². The molecule has 0 saturated carbocycles. The van der Waals surface area contributed by atoms with E-state index in [9.17, 15) is 23.6 Å². The second-order valence-electron chi connectivity index (χ2n) is 11.2. The van der Waals surface area contributed by atoms with E-state index in [0.717, 1.165) is 0 Å². The smallest absolute Gasteiger partial charge is 0.349 e. The van der Waals surface area contributed by atoms with Gasteiger partial charge in [-0.3, -0.25) is 14.4 Å². The molecule has 0 unspecified atom stereocenters. The van der Waals surface area contributed by atoms with Gasteiger partial charge in [0.1, 0.15) is 5.82 Å². The Morgan fingerprint density at radius 2 is 1.80 bits per heavy atom. The zero-order valence-electron chi connectivity index (χ0n) is 26.4. The third kappa shape index (κ3) is 8.55. The molecule has 4 rings (SSSR count). The van der Waals surface area contributed by atoms with Gasteiger partial charge in [0.25, 0.3) is 5.91 Å². The topological polar surface area (TPSA) is 167 Å². The zero-order chi connectivity index (χ0) is 33.4. The van der Waals surface area contributed by atoms with Crippen LogP contribution in [0.1, 0.15) is 44.0 Å². The molecule has 2 bridgehead atoms. The molecule has 0 aliphatic carbocycles. The van der Waals surface area contributed by atoms with Crippen molar-refractivity contribution < 1.29 is 37.8 Å². The number of benzene rings is 2. The van der Waals surface area contributed by atoms with Gasteiger partial charge in [-0.25, -0.2) is 9.18 Å². The van der Waals surface area contributed by atoms with Gasteiger partial charge < -0.3 is 29.7 Å². The SMILES string of the molecule is COC(=O)[C@@H]1Oc2cc(ccc2OC)C(=O)N[C@@H](C(C)C)CN(C(=O)CCCn2nnc(-c3ccc(F)cc3)n2)CC(=O)N[C@H]1C. The first-order valence-electron chi connectivity index (χ1n) is 14.8. The van der Waals surface area contributed by atoms with Crippen LogP contribution < -0.4 is 20.1 Å². The number of ether oxygens (including phenoxy) is 3. The quantitative estimate of drug-likeness (QED) is 0.348. The Morgan fingerprint density at radius 1 is 1.09 bits per heavy atom. The van der Waals surface area contributed by atoms with Gasteiger partial charge in [-0.1, -0.05) is 13.8 Å². The molecule has 0 fully saturated rings. The monoisotopic (exact) mass is 639 g/mol. The van der Waals surface area contributed by atoms with E-state index in [2.05, 4.69) is 26.0 Å². The molecular formula is C31H38FN7O7. The predicted octanol–water partition coefficient (Wildman–Crippen LogP) is 1.99. The number of hydrogen-bond acceptors (Lipinski definition) is 10. The molecule has 246 valence electrons. The lowest BCUT2D eigenvalue weighted by Crippen LogP contribution is -2.54. The first kappa shape index (κ1) is 33.8. The third-order valence-electron chi connectivity index (χ3n) is 7.49. The summed E-state index contributed by atoms with van der Waals surface area (Å²) in [6.07, 6.45) is -0.908. The number of aryl methyl sites for hydroxylation is 1. The van der Waals surface area contributed by atoms with Crippen molar-refractivity contribution in [3.05, 3.63) is 53.8 Å². The minimum absolute atomic E-state index is 0.0464. The summed E-state index contributed by atoms with van der Waals surface area (Å²) in [5.74, 6) is -1.82. The third-order valence-corrected chi connectivity index (χ3v) is 7.49. The van der Waals surface area contributed by atoms with E-state index >= 15 is 0 Å². The van der Waals surface area contributed by atoms with E-state index in [1.165, 1.54) is 42.1 Å². The van der Waals surface area contributed by atoms with Crippen LogP contribution in [0.25, 0.3) is 11.4 Å². The highest BCUT2D eigenvalue weighted by atomic mass is 19.1. The van der Waals surface area contributed by atoms with Gasteiger partial charge in [0.15, 0.2) is 11.5 Å². The maximum Gasteiger partial charge on any atom is 0.349 e. The fourth-order valence-electron chi connectivity index (χ4n) is 4.82. The van der Waals surface area contributed by atoms with Crippen LogP contribution in [-0.4, -0.2) is 94.3 Å². The molecule has 15 heteroatoms. The number of carbonyl (C=O) groups is 4. The van der Waals surface area contributed by atoms with Gasteiger partial charge in [-0.15, -0.1) is 10.2 Å². The minimum atomic E-state index is -1.29. The van der Waals surface area contributed by atoms with Crippen molar-refractivity contribution in [1.29, 1.82) is 0 Å². The highest BCUT2D eigenvalue weighted by molar-refractivity contribution is 5.95. The second kappa shape index (κ2) is 15.3. The van der Waals surface area contributed by atoms with Gasteiger partial charge >= 0.3 is 5.97 Å². The predicted molar refractivity (Wildman–Crippen MR) is 162 cm³/mol. The van der Waals surface area contributed by atoms with Crippen LogP contribution in [-0.2, 0) is 25.7 Å². The van der Waals surface area contributed by atoms with Crippen LogP contribution in [0, 0.1) is 11.7 Å². The maximum absolute atomic E-state index is 13.5. The summed E-state index contributed by atoms with van der Waals surface area (Å²) >= 11 is 0. The molecule has 3 atom stereocenters. The molecule has 1 aliphatic rings. The number of nitrogens with one attached hydrogen (secondary N) is 2. The summed E-state index contributed by atoms with van der Waals surface area (Å²) in [7, 11) is 2.62. The lowest BCUT2D eigenvalue weighted by Gasteiger charge is -2.32. The molecule has 2 heterocycles. The Labute approximate surface area is 265 Å². The molecule has 46 heavy (non-hydrogen) atoms. The fourth-order valence-corrected chi connectivity index (χ4v) is 4.82. The first-order valence-corrected chi connectivity index (χ1v) is 14.8. The van der Waals surface area contributed by atoms with Crippen molar-refractivity contribution >= 4 is 23.7 Å². The Balaban J connectivity index is 1.53. The number of carbonyl (C=O) groups excluding carboxylic acids is 4. The van der Waals surface area contributed by atoms with E-state index in [1.807, 2.05) is 13.8 Å². The Hall–Kier alpha value is -5.08. The molecule has 0 spiro atoms. The van der Waals surface area contributed by atoms with Crippen molar-refractivity contribution in [2.45, 2.75) is 58.3 Å². The fraction of sp³-hybridized carbons (Fsp3) is 0.452. The number of esters is 1. The van der Waals surface area contributed by atoms with Gasteiger partial charge in [0, 0.05) is 30.1 Å². The van der Waals surface area contributed by atoms with Crippen LogP contribution in [0.3, 0.4) is 0 Å². The van der Waals surface area contributed by atoms with Gasteiger partial charge in [-0.2, -0.15) is 4.80 Å². The van der Waals surface area contributed by atoms with Crippen molar-refractivity contribution in [3.63, 3.8) is 0 Å². The van der Waals surface area contributed by atoms with Crippen molar-refractivity contribution in [1.82, 2.24) is 35.7 Å². The summed E-state index contributed by atoms with van der Waals surface area (Å²) in [4.78, 5) is 55.5. The summed E-state index contributed by atoms with van der Waals surface area (Å²) in [5, 5.41) is 18.0. The molecule has 3 aromatic rings. The van der Waals surface area contributed by atoms with E-state index in [4.69, 9.17) is 14.2 Å². The lowest BCUT2D eigenvalue weighted by atomic mass is 10.0. The minimum Gasteiger partial charge on any atom is -0.493 e. The lowest BCUT2D eigenvalue weighted by molar-refractivity contribution is -0.150. The molecule has 14 nitrogen and oxygen atoms in total. The highest BCUT2D eigenvalue weighted by Gasteiger charge is 2.33. The summed E-state index contributed by atoms with van der Waals surface area (Å²) in [5.41, 5.74) is 0.847. The molecule has 3 amide bonds. The normalized spacial score (nSPS) is 19.0. The Bertz CT molecular complexity index is 1550. The number of rotatable bonds is 8. The molecule has 2 aromatic carbocycles. The first-order chi connectivity index (χ1) is 22.0. The number of methoxy groups -OCH3 is 2. The van der Waals surface area contributed by atoms with Crippen LogP contribution in [0.4, 0.5) is 4.39 Å². The van der Waals surface area contributed by atoms with Crippen LogP contribution >= 0.6 is 0 Å². The number of halogens is 1. The van der Waals surface area contributed by atoms with Crippen LogP contribution in [0.5, 0.6) is 11.5 Å². The van der Waals surface area contributed by atoms with Crippen LogP contribution in [0.15, 0.2) is 42.5 Å². The number of aromatic nitrogens is 4. The summed E-state index contributed by atoms with van der Waals surface area (Å²) in [6, 6.07) is 8.86. The Kier molecular flexibility index (Phi) is 11.2. The average Bonchev–Trinajstić information content (AvgIpc) is 3.50. The summed E-state index contributed by atoms with van der Waals surface area (Å²) < 4.78 is 29.5. The van der Waals surface area contributed by atoms with E-state index in [-0.39, 0.29) is 60.8 Å². The molecule has 1 aromatic heterocycles. The molecular weight excluding hydrogens is 601 g/mol. The van der Waals surface area contributed by atoms with E-state index < -0.39 is 36.0 Å². The van der Waals surface area contributed by atoms with Crippen molar-refractivity contribution in [2.75, 3.05) is 27.3 Å². The number of tetrazole rings is 1. The van der Waals surface area contributed by atoms with Gasteiger partial charge in [0.05, 0.1) is 33.4 Å². The Morgan fingerprint density at radius 3 is 2.48 bits per heavy atom. The summed E-state index contributed by atoms with van der Waals surface area (Å²) in [6.45, 7) is 5.36. The molecule has 2 N–H and O–H groups in total. The number of nitrogens with zero attached hydrogens (tertiary/aromatic N) is 5. The highest BCUT2D eigenvalue weighted by Crippen LogP contribution is 2.30. The standard InChI is InChI=1S/C31H38FN7O7/c1-18(2)23-16-38(27(41)7-6-14-39-36-29(35-37-39)20-8-11-22(32)12-9-20)17-26(40)33-19(3)28(31(43)45-5)46-25-15-21(30(42)34-23)10-13-24(25)44-4/h8-13,15,18-19,23,28H,6-7,14,16-17H2,1-5H3,(H,33,40)(H,34,42)/t19-,23+,28+/m0/s1. The maximum atomic E-state index is 13.5. The van der Waals surface area contributed by atoms with Gasteiger partial charge in [0.2, 0.25) is 23.7 Å². The molecule has 0 radical (unpaired) electrons. The molecule has 0 saturated heterocycles.